The van der Waals surface area contributed by atoms with Crippen molar-refractivity contribution >= 4 is 52.4 Å². The number of esters is 4. The van der Waals surface area contributed by atoms with E-state index in [4.69, 9.17) is 18.9 Å². The number of allylic oxidation sites excluding steroid dienone is 1. The van der Waals surface area contributed by atoms with E-state index in [9.17, 15) is 33.9 Å². The first-order chi connectivity index (χ1) is 32.4. The second-order valence-electron chi connectivity index (χ2n) is 15.1. The second kappa shape index (κ2) is 18.6. The molecule has 0 saturated heterocycles. The average molecular weight is 897 g/mol. The molecule has 4 aromatic carbocycles. The molecular formula is C52H40N4O11. The molecule has 4 N–H and O–H groups in total. The van der Waals surface area contributed by atoms with Crippen LogP contribution in [0.5, 0.6) is 0 Å². The van der Waals surface area contributed by atoms with Gasteiger partial charge in [-0.15, -0.1) is 0 Å². The Morgan fingerprint density at radius 2 is 0.836 bits per heavy atom. The van der Waals surface area contributed by atoms with Gasteiger partial charge in [0.05, 0.1) is 73.5 Å². The van der Waals surface area contributed by atoms with Gasteiger partial charge in [0.15, 0.2) is 5.60 Å². The highest BCUT2D eigenvalue weighted by Crippen LogP contribution is 2.37. The van der Waals surface area contributed by atoms with Crippen LogP contribution in [-0.2, 0) is 29.3 Å². The van der Waals surface area contributed by atoms with Gasteiger partial charge < -0.3 is 39.0 Å². The molecule has 0 aliphatic carbocycles. The minimum absolute atomic E-state index is 0.143. The monoisotopic (exact) mass is 896 g/mol. The van der Waals surface area contributed by atoms with E-state index in [0.717, 1.165) is 0 Å². The van der Waals surface area contributed by atoms with Crippen LogP contribution in [0.4, 0.5) is 0 Å². The lowest BCUT2D eigenvalue weighted by Gasteiger charge is -2.27. The van der Waals surface area contributed by atoms with Crippen LogP contribution in [0.1, 0.15) is 91.3 Å². The molecule has 1 atom stereocenters. The summed E-state index contributed by atoms with van der Waals surface area (Å²) in [7, 11) is 5.12. The molecule has 4 heterocycles. The van der Waals surface area contributed by atoms with Gasteiger partial charge in [0.25, 0.3) is 5.91 Å². The molecule has 0 spiro atoms. The first-order valence-electron chi connectivity index (χ1n) is 20.5. The van der Waals surface area contributed by atoms with Gasteiger partial charge in [-0.25, -0.2) is 24.2 Å². The third-order valence-electron chi connectivity index (χ3n) is 11.2. The van der Waals surface area contributed by atoms with Crippen molar-refractivity contribution in [3.8, 4) is 0 Å². The number of aromatic nitrogens is 3. The van der Waals surface area contributed by atoms with Gasteiger partial charge in [-0.2, -0.15) is 0 Å². The molecule has 334 valence electrons. The van der Waals surface area contributed by atoms with Crippen molar-refractivity contribution in [2.75, 3.05) is 28.4 Å². The molecule has 7 aromatic rings. The Balaban J connectivity index is 1.30. The summed E-state index contributed by atoms with van der Waals surface area (Å²) in [5, 5.41) is 14.2. The van der Waals surface area contributed by atoms with E-state index >= 15 is 0 Å². The molecule has 67 heavy (non-hydrogen) atoms. The summed E-state index contributed by atoms with van der Waals surface area (Å²) in [6.45, 7) is 0. The number of H-pyrrole nitrogens is 3. The molecular weight excluding hydrogens is 857 g/mol. The fourth-order valence-corrected chi connectivity index (χ4v) is 7.79. The maximum atomic E-state index is 13.8. The van der Waals surface area contributed by atoms with Crippen LogP contribution in [-0.4, -0.2) is 89.8 Å². The Morgan fingerprint density at radius 1 is 0.448 bits per heavy atom. The van der Waals surface area contributed by atoms with Gasteiger partial charge in [0.2, 0.25) is 5.78 Å². The highest BCUT2D eigenvalue weighted by atomic mass is 16.5. The number of aliphatic hydroxyl groups is 1. The third kappa shape index (κ3) is 8.69. The Morgan fingerprint density at radius 3 is 1.28 bits per heavy atom. The normalized spacial score (nSPS) is 13.8. The van der Waals surface area contributed by atoms with Gasteiger partial charge in [-0.3, -0.25) is 9.59 Å². The predicted octanol–water partition coefficient (Wildman–Crippen LogP) is 5.32. The molecule has 15 heteroatoms. The van der Waals surface area contributed by atoms with Crippen molar-refractivity contribution in [2.24, 2.45) is 4.99 Å². The van der Waals surface area contributed by atoms with Crippen LogP contribution in [0.2, 0.25) is 0 Å². The molecule has 1 unspecified atom stereocenters. The van der Waals surface area contributed by atoms with E-state index in [1.165, 1.54) is 70.9 Å². The topological polar surface area (TPSA) is 219 Å². The van der Waals surface area contributed by atoms with E-state index in [1.807, 2.05) is 12.1 Å². The van der Waals surface area contributed by atoms with E-state index in [0.29, 0.717) is 61.1 Å². The maximum Gasteiger partial charge on any atom is 0.337 e. The van der Waals surface area contributed by atoms with E-state index in [2.05, 4.69) is 19.9 Å². The van der Waals surface area contributed by atoms with Crippen LogP contribution in [0, 0.1) is 0 Å². The quantitative estimate of drug-likeness (QED) is 0.0660. The molecule has 1 amide bonds. The first-order valence-corrected chi connectivity index (χ1v) is 20.5. The number of ether oxygens (including phenoxy) is 4. The van der Waals surface area contributed by atoms with Gasteiger partial charge in [-0.05, 0) is 108 Å². The molecule has 1 aliphatic rings. The number of nitrogens with zero attached hydrogens (tertiary/aromatic N) is 1. The van der Waals surface area contributed by atoms with Crippen LogP contribution < -0.4 is 10.7 Å². The summed E-state index contributed by atoms with van der Waals surface area (Å²) in [6.07, 6.45) is 2.97. The Labute approximate surface area is 381 Å². The summed E-state index contributed by atoms with van der Waals surface area (Å²) in [6, 6.07) is 35.8. The minimum atomic E-state index is -2.00. The molecule has 15 nitrogen and oxygen atoms in total. The minimum Gasteiger partial charge on any atom is -0.465 e. The van der Waals surface area contributed by atoms with E-state index < -0.39 is 41.2 Å². The van der Waals surface area contributed by atoms with Crippen molar-refractivity contribution in [1.29, 1.82) is 0 Å². The highest BCUT2D eigenvalue weighted by Gasteiger charge is 2.38. The lowest BCUT2D eigenvalue weighted by atomic mass is 9.87. The van der Waals surface area contributed by atoms with Crippen LogP contribution in [0.3, 0.4) is 0 Å². The Hall–Kier alpha value is -8.95. The number of amides is 1. The van der Waals surface area contributed by atoms with Gasteiger partial charge in [0, 0.05) is 39.2 Å². The molecule has 0 saturated carbocycles. The van der Waals surface area contributed by atoms with Crippen LogP contribution >= 0.6 is 0 Å². The summed E-state index contributed by atoms with van der Waals surface area (Å²) >= 11 is 0. The number of carbonyl (C=O) groups is 6. The van der Waals surface area contributed by atoms with Crippen LogP contribution in [0.15, 0.2) is 151 Å². The maximum absolute atomic E-state index is 13.8. The van der Waals surface area contributed by atoms with Crippen LogP contribution in [0.25, 0.3) is 11.1 Å². The third-order valence-corrected chi connectivity index (χ3v) is 11.2. The Bertz CT molecular complexity index is 3280. The SMILES string of the molecule is COC(=O)c1ccc(C(=O)c2ccc(C(O)(c3ccc(C(=O)OC)cc3)c3ccc(/C(c4ccc(C(=O)OC)cc4)=c4\cc/c(=C(\C5=NC(=O)C=C5)c5ccc(C(=O)OC)cc5)[nH]4)[nH]3)[nH]2)cc1. The number of nitrogens with one attached hydrogen (secondary N) is 3. The number of benzene rings is 4. The number of rotatable bonds is 13. The fraction of sp³-hybridized carbons (Fsp3) is 0.0962. The van der Waals surface area contributed by atoms with E-state index in [-0.39, 0.29) is 33.8 Å². The summed E-state index contributed by atoms with van der Waals surface area (Å²) in [5.74, 6) is -3.00. The summed E-state index contributed by atoms with van der Waals surface area (Å²) < 4.78 is 19.5. The molecule has 3 aromatic heterocycles. The Kier molecular flexibility index (Phi) is 12.4. The zero-order valence-corrected chi connectivity index (χ0v) is 36.3. The largest absolute Gasteiger partial charge is 0.465 e. The van der Waals surface area contributed by atoms with Gasteiger partial charge >= 0.3 is 23.9 Å². The number of ketones is 1. The lowest BCUT2D eigenvalue weighted by Crippen LogP contribution is -2.30. The number of methoxy groups -OCH3 is 4. The van der Waals surface area contributed by atoms with Crippen molar-refractivity contribution in [2.45, 2.75) is 5.60 Å². The number of hydrogen-bond donors (Lipinski definition) is 4. The standard InChI is InChI=1S/C52H40N4O11/c1-64-48(59)32-11-5-29(6-12-32)45(37-21-22-38(53-37)46(40-25-28-44(57)56-40)30-7-13-33(14-8-30)49(60)65-2)39-23-26-42(54-39)52(63,36-19-17-35(18-20-36)51(62)67-4)43-27-24-41(55-43)47(58)31-9-15-34(16-10-31)50(61)66-3/h5-28,53-55,63H,1-4H3/b45-37+,46-38+. The summed E-state index contributed by atoms with van der Waals surface area (Å²) in [5.41, 5.74) is 3.70. The van der Waals surface area contributed by atoms with Crippen molar-refractivity contribution < 1.29 is 52.8 Å². The smallest absolute Gasteiger partial charge is 0.337 e. The fourth-order valence-electron chi connectivity index (χ4n) is 7.79. The molecule has 0 bridgehead atoms. The molecule has 1 aliphatic heterocycles. The highest BCUT2D eigenvalue weighted by molar-refractivity contribution is 6.34. The number of aromatic amines is 3. The van der Waals surface area contributed by atoms with Gasteiger partial charge in [-0.1, -0.05) is 48.5 Å². The number of aliphatic imine (C=N–C) groups is 1. The number of carbonyl (C=O) groups excluding carboxylic acids is 6. The molecule has 8 rings (SSSR count). The zero-order valence-electron chi connectivity index (χ0n) is 36.3. The summed E-state index contributed by atoms with van der Waals surface area (Å²) in [4.78, 5) is 89.7. The second-order valence-corrected chi connectivity index (χ2v) is 15.1. The lowest BCUT2D eigenvalue weighted by molar-refractivity contribution is -0.113. The molecule has 0 radical (unpaired) electrons. The van der Waals surface area contributed by atoms with Gasteiger partial charge in [0.1, 0.15) is 0 Å². The van der Waals surface area contributed by atoms with Crippen molar-refractivity contribution in [3.05, 3.63) is 224 Å². The molecule has 0 fully saturated rings. The van der Waals surface area contributed by atoms with E-state index in [1.54, 1.807) is 91.0 Å². The number of hydrogen-bond acceptors (Lipinski definition) is 11. The average Bonchev–Trinajstić information content (AvgIpc) is 4.23. The first kappa shape index (κ1) is 44.6. The predicted molar refractivity (Wildman–Crippen MR) is 244 cm³/mol. The van der Waals surface area contributed by atoms with Crippen molar-refractivity contribution in [3.63, 3.8) is 0 Å². The zero-order chi connectivity index (χ0) is 47.4. The van der Waals surface area contributed by atoms with Crippen molar-refractivity contribution in [1.82, 2.24) is 15.0 Å².